The highest BCUT2D eigenvalue weighted by molar-refractivity contribution is 7.23. The van der Waals surface area contributed by atoms with Gasteiger partial charge in [-0.1, -0.05) is 30.3 Å². The van der Waals surface area contributed by atoms with Gasteiger partial charge in [-0.3, -0.25) is 14.7 Å². The van der Waals surface area contributed by atoms with Gasteiger partial charge in [0.2, 0.25) is 0 Å². The zero-order chi connectivity index (χ0) is 15.5. The van der Waals surface area contributed by atoms with Crippen LogP contribution in [0, 0.1) is 0 Å². The van der Waals surface area contributed by atoms with Gasteiger partial charge >= 0.3 is 5.97 Å². The summed E-state index contributed by atoms with van der Waals surface area (Å²) >= 11 is 0. The Morgan fingerprint density at radius 3 is 2.73 bits per heavy atom. The Bertz CT molecular complexity index is 842. The molecule has 112 valence electrons. The van der Waals surface area contributed by atoms with E-state index >= 15 is 0 Å². The molecule has 0 saturated heterocycles. The van der Waals surface area contributed by atoms with Crippen LogP contribution in [-0.4, -0.2) is 23.4 Å². The number of hydrogen-bond acceptors (Lipinski definition) is 4. The number of nitrogens with one attached hydrogen (secondary N) is 1. The summed E-state index contributed by atoms with van der Waals surface area (Å²) in [6, 6.07) is 12.7. The molecule has 0 aliphatic carbocycles. The second-order valence-corrected chi connectivity index (χ2v) is 5.59. The van der Waals surface area contributed by atoms with Gasteiger partial charge in [-0.2, -0.15) is 0 Å². The number of benzene rings is 2. The van der Waals surface area contributed by atoms with Crippen molar-refractivity contribution in [3.05, 3.63) is 48.0 Å². The van der Waals surface area contributed by atoms with Gasteiger partial charge in [-0.05, 0) is 24.1 Å². The van der Waals surface area contributed by atoms with E-state index in [9.17, 15) is 14.5 Å². The van der Waals surface area contributed by atoms with Gasteiger partial charge < -0.3 is 9.52 Å². The summed E-state index contributed by atoms with van der Waals surface area (Å²) in [6.07, 6.45) is 0.418. The Balaban J connectivity index is 1.92. The maximum Gasteiger partial charge on any atom is 0.321 e. The molecule has 1 aromatic heterocycles. The number of carbonyl (C=O) groups is 1. The van der Waals surface area contributed by atoms with Crippen LogP contribution < -0.4 is 5.32 Å². The van der Waals surface area contributed by atoms with Crippen molar-refractivity contribution in [2.24, 2.45) is 0 Å². The molecule has 0 fully saturated rings. The van der Waals surface area contributed by atoms with Gasteiger partial charge in [0, 0.05) is 10.8 Å². The number of rotatable bonds is 6. The molecule has 2 aromatic carbocycles. The second kappa shape index (κ2) is 6.26. The summed E-state index contributed by atoms with van der Waals surface area (Å²) in [5.41, 5.74) is 2.41. The topological polar surface area (TPSA) is 79.5 Å². The lowest BCUT2D eigenvalue weighted by atomic mass is 10.0. The van der Waals surface area contributed by atoms with Gasteiger partial charge in [0.15, 0.2) is 8.46 Å². The SMILES string of the molecule is O=PCN[C@@H](Cc1ccc2c(c1)oc1ccccc12)C(=O)O. The fraction of sp³-hybridized carbons (Fsp3) is 0.188. The lowest BCUT2D eigenvalue weighted by Gasteiger charge is -2.12. The minimum Gasteiger partial charge on any atom is -0.480 e. The van der Waals surface area contributed by atoms with E-state index in [0.717, 1.165) is 27.5 Å². The normalized spacial score (nSPS) is 12.9. The first-order valence-electron chi connectivity index (χ1n) is 6.84. The molecule has 2 N–H and O–H groups in total. The van der Waals surface area contributed by atoms with Crippen LogP contribution in [0.2, 0.25) is 0 Å². The molecular weight excluding hydrogens is 301 g/mol. The van der Waals surface area contributed by atoms with Crippen LogP contribution in [0.25, 0.3) is 21.9 Å². The van der Waals surface area contributed by atoms with Gasteiger partial charge in [0.1, 0.15) is 17.2 Å². The van der Waals surface area contributed by atoms with Crippen LogP contribution in [0.15, 0.2) is 46.9 Å². The van der Waals surface area contributed by atoms with Gasteiger partial charge in [0.05, 0.1) is 6.29 Å². The predicted molar refractivity (Wildman–Crippen MR) is 84.5 cm³/mol. The van der Waals surface area contributed by atoms with E-state index in [4.69, 9.17) is 4.42 Å². The largest absolute Gasteiger partial charge is 0.480 e. The lowest BCUT2D eigenvalue weighted by molar-refractivity contribution is -0.139. The molecule has 3 rings (SSSR count). The van der Waals surface area contributed by atoms with Crippen LogP contribution in [0.5, 0.6) is 0 Å². The van der Waals surface area contributed by atoms with Crippen molar-refractivity contribution in [1.82, 2.24) is 5.32 Å². The molecule has 5 nitrogen and oxygen atoms in total. The highest BCUT2D eigenvalue weighted by atomic mass is 31.1. The van der Waals surface area contributed by atoms with E-state index in [1.165, 1.54) is 0 Å². The van der Waals surface area contributed by atoms with Crippen LogP contribution in [0.3, 0.4) is 0 Å². The fourth-order valence-corrected chi connectivity index (χ4v) is 2.82. The zero-order valence-corrected chi connectivity index (χ0v) is 12.5. The summed E-state index contributed by atoms with van der Waals surface area (Å²) in [7, 11) is -0.120. The Morgan fingerprint density at radius 1 is 1.18 bits per heavy atom. The van der Waals surface area contributed by atoms with E-state index in [2.05, 4.69) is 5.32 Å². The number of carboxylic acid groups (broad SMARTS) is 1. The first-order chi connectivity index (χ1) is 10.7. The van der Waals surface area contributed by atoms with Crippen LogP contribution >= 0.6 is 8.46 Å². The van der Waals surface area contributed by atoms with Crippen molar-refractivity contribution in [3.8, 4) is 0 Å². The highest BCUT2D eigenvalue weighted by Gasteiger charge is 2.18. The van der Waals surface area contributed by atoms with Crippen molar-refractivity contribution in [1.29, 1.82) is 0 Å². The van der Waals surface area contributed by atoms with E-state index in [1.807, 2.05) is 42.5 Å². The van der Waals surface area contributed by atoms with E-state index < -0.39 is 12.0 Å². The first kappa shape index (κ1) is 14.7. The number of carboxylic acids is 1. The maximum absolute atomic E-state index is 11.2. The van der Waals surface area contributed by atoms with E-state index in [-0.39, 0.29) is 14.7 Å². The average molecular weight is 315 g/mol. The summed E-state index contributed by atoms with van der Waals surface area (Å²) in [5, 5.41) is 14.0. The number of para-hydroxylation sites is 1. The van der Waals surface area contributed by atoms with Crippen LogP contribution in [-0.2, 0) is 15.8 Å². The molecule has 1 heterocycles. The van der Waals surface area contributed by atoms with E-state index in [0.29, 0.717) is 6.42 Å². The number of hydrogen-bond donors (Lipinski definition) is 2. The molecule has 0 aliphatic heterocycles. The summed E-state index contributed by atoms with van der Waals surface area (Å²) < 4.78 is 16.3. The number of aliphatic carboxylic acids is 1. The Kier molecular flexibility index (Phi) is 4.18. The smallest absolute Gasteiger partial charge is 0.321 e. The van der Waals surface area contributed by atoms with Crippen LogP contribution in [0.4, 0.5) is 0 Å². The molecule has 0 saturated carbocycles. The monoisotopic (exact) mass is 315 g/mol. The highest BCUT2D eigenvalue weighted by Crippen LogP contribution is 2.29. The molecular formula is C16H14NO4P. The second-order valence-electron chi connectivity index (χ2n) is 5.02. The van der Waals surface area contributed by atoms with E-state index in [1.54, 1.807) is 0 Å². The third-order valence-electron chi connectivity index (χ3n) is 3.58. The Morgan fingerprint density at radius 2 is 1.95 bits per heavy atom. The molecule has 1 atom stereocenters. The molecule has 22 heavy (non-hydrogen) atoms. The third kappa shape index (κ3) is 2.86. The summed E-state index contributed by atoms with van der Waals surface area (Å²) in [4.78, 5) is 11.2. The van der Waals surface area contributed by atoms with Crippen molar-refractivity contribution >= 4 is 36.4 Å². The third-order valence-corrected chi connectivity index (χ3v) is 3.90. The summed E-state index contributed by atoms with van der Waals surface area (Å²) in [5.74, 6) is -0.964. The molecule has 0 unspecified atom stereocenters. The number of furan rings is 1. The standard InChI is InChI=1S/C16H14NO4P/c18-16(19)13(17-9-22-20)7-10-5-6-12-11-3-1-2-4-14(11)21-15(12)8-10/h1-6,8,13,17H,7,9H2,(H,18,19)/t13-/m0/s1. The minimum absolute atomic E-state index is 0.115. The maximum atomic E-state index is 11.2. The van der Waals surface area contributed by atoms with Crippen molar-refractivity contribution in [2.75, 3.05) is 6.29 Å². The Labute approximate surface area is 128 Å². The molecule has 0 amide bonds. The van der Waals surface area contributed by atoms with Gasteiger partial charge in [-0.15, -0.1) is 0 Å². The van der Waals surface area contributed by atoms with Crippen molar-refractivity contribution < 1.29 is 18.9 Å². The fourth-order valence-electron chi connectivity index (χ4n) is 2.53. The zero-order valence-electron chi connectivity index (χ0n) is 11.7. The molecule has 3 aromatic rings. The Hall–Kier alpha value is -2.23. The van der Waals surface area contributed by atoms with Crippen LogP contribution in [0.1, 0.15) is 5.56 Å². The molecule has 6 heteroatoms. The number of fused-ring (bicyclic) bond motifs is 3. The van der Waals surface area contributed by atoms with Crippen molar-refractivity contribution in [3.63, 3.8) is 0 Å². The quantitative estimate of drug-likeness (QED) is 0.681. The lowest BCUT2D eigenvalue weighted by Crippen LogP contribution is -2.37. The molecule has 0 radical (unpaired) electrons. The average Bonchev–Trinajstić information content (AvgIpc) is 2.88. The molecule has 0 spiro atoms. The van der Waals surface area contributed by atoms with Crippen molar-refractivity contribution in [2.45, 2.75) is 12.5 Å². The first-order valence-corrected chi connectivity index (χ1v) is 7.84. The molecule has 0 bridgehead atoms. The van der Waals surface area contributed by atoms with Gasteiger partial charge in [-0.25, -0.2) is 0 Å². The minimum atomic E-state index is -0.964. The van der Waals surface area contributed by atoms with Gasteiger partial charge in [0.25, 0.3) is 0 Å². The summed E-state index contributed by atoms with van der Waals surface area (Å²) in [6.45, 7) is 0. The molecule has 0 aliphatic rings. The predicted octanol–water partition coefficient (Wildman–Crippen LogP) is 3.42.